The first-order chi connectivity index (χ1) is 8.42. The predicted octanol–water partition coefficient (Wildman–Crippen LogP) is 1.93. The highest BCUT2D eigenvalue weighted by Crippen LogP contribution is 2.34. The van der Waals surface area contributed by atoms with Crippen molar-refractivity contribution in [3.63, 3.8) is 0 Å². The van der Waals surface area contributed by atoms with Crippen molar-refractivity contribution >= 4 is 33.2 Å². The van der Waals surface area contributed by atoms with Crippen LogP contribution in [0.3, 0.4) is 0 Å². The van der Waals surface area contributed by atoms with E-state index in [1.807, 2.05) is 0 Å². The smallest absolute Gasteiger partial charge is 0.244 e. The molecule has 0 saturated heterocycles. The van der Waals surface area contributed by atoms with Gasteiger partial charge in [0.05, 0.1) is 18.7 Å². The largest absolute Gasteiger partial charge is 0.494 e. The maximum absolute atomic E-state index is 12.0. The summed E-state index contributed by atoms with van der Waals surface area (Å²) in [5.41, 5.74) is 0. The fourth-order valence-corrected chi connectivity index (χ4v) is 3.21. The number of hydrogen-bond donors (Lipinski definition) is 1. The molecule has 8 heteroatoms. The van der Waals surface area contributed by atoms with Gasteiger partial charge in [-0.05, 0) is 12.1 Å². The lowest BCUT2D eigenvalue weighted by atomic mass is 10.3. The Labute approximate surface area is 116 Å². The van der Waals surface area contributed by atoms with E-state index in [0.717, 1.165) is 0 Å². The van der Waals surface area contributed by atoms with E-state index < -0.39 is 10.0 Å². The third kappa shape index (κ3) is 3.73. The molecule has 0 atom stereocenters. The molecule has 1 aromatic rings. The van der Waals surface area contributed by atoms with E-state index >= 15 is 0 Å². The number of halogens is 2. The first kappa shape index (κ1) is 15.5. The molecule has 102 valence electrons. The molecule has 1 aromatic carbocycles. The molecule has 0 amide bonds. The van der Waals surface area contributed by atoms with E-state index in [4.69, 9.17) is 32.7 Å². The molecule has 0 aliphatic rings. The van der Waals surface area contributed by atoms with Crippen LogP contribution in [0, 0.1) is 0 Å². The molecule has 0 fully saturated rings. The highest BCUT2D eigenvalue weighted by molar-refractivity contribution is 7.89. The number of ether oxygens (including phenoxy) is 2. The zero-order chi connectivity index (χ0) is 13.8. The summed E-state index contributed by atoms with van der Waals surface area (Å²) in [5, 5.41) is 0.352. The van der Waals surface area contributed by atoms with Gasteiger partial charge in [0.25, 0.3) is 0 Å². The Kier molecular flexibility index (Phi) is 5.68. The van der Waals surface area contributed by atoms with Crippen LogP contribution < -0.4 is 9.46 Å². The fourth-order valence-electron chi connectivity index (χ4n) is 1.29. The van der Waals surface area contributed by atoms with Gasteiger partial charge >= 0.3 is 0 Å². The van der Waals surface area contributed by atoms with Crippen molar-refractivity contribution in [1.29, 1.82) is 0 Å². The van der Waals surface area contributed by atoms with Gasteiger partial charge < -0.3 is 9.47 Å². The van der Waals surface area contributed by atoms with Crippen molar-refractivity contribution in [1.82, 2.24) is 4.72 Å². The van der Waals surface area contributed by atoms with Gasteiger partial charge in [-0.3, -0.25) is 0 Å². The average Bonchev–Trinajstić information content (AvgIpc) is 2.28. The normalized spacial score (nSPS) is 11.6. The van der Waals surface area contributed by atoms with Crippen molar-refractivity contribution < 1.29 is 17.9 Å². The lowest BCUT2D eigenvalue weighted by Gasteiger charge is -2.12. The Morgan fingerprint density at radius 2 is 1.94 bits per heavy atom. The zero-order valence-corrected chi connectivity index (χ0v) is 12.2. The second-order valence-corrected chi connectivity index (χ2v) is 5.89. The molecule has 0 radical (unpaired) electrons. The van der Waals surface area contributed by atoms with Crippen LogP contribution in [0.15, 0.2) is 17.0 Å². The van der Waals surface area contributed by atoms with Crippen LogP contribution in [0.5, 0.6) is 5.75 Å². The molecule has 0 aliphatic heterocycles. The van der Waals surface area contributed by atoms with Gasteiger partial charge in [0.2, 0.25) is 10.0 Å². The predicted molar refractivity (Wildman–Crippen MR) is 70.1 cm³/mol. The van der Waals surface area contributed by atoms with Gasteiger partial charge in [-0.2, -0.15) is 0 Å². The number of rotatable bonds is 6. The Morgan fingerprint density at radius 1 is 1.28 bits per heavy atom. The quantitative estimate of drug-likeness (QED) is 0.815. The van der Waals surface area contributed by atoms with E-state index in [2.05, 4.69) is 4.72 Å². The second-order valence-electron chi connectivity index (χ2n) is 3.31. The van der Waals surface area contributed by atoms with Crippen LogP contribution in [0.25, 0.3) is 0 Å². The van der Waals surface area contributed by atoms with Crippen LogP contribution >= 0.6 is 23.2 Å². The lowest BCUT2D eigenvalue weighted by Crippen LogP contribution is -2.27. The summed E-state index contributed by atoms with van der Waals surface area (Å²) in [5.74, 6) is 0.0611. The van der Waals surface area contributed by atoms with Gasteiger partial charge in [0.15, 0.2) is 5.75 Å². The summed E-state index contributed by atoms with van der Waals surface area (Å²) in [6, 6.07) is 2.69. The first-order valence-electron chi connectivity index (χ1n) is 4.94. The molecule has 0 heterocycles. The number of methoxy groups -OCH3 is 2. The van der Waals surface area contributed by atoms with Gasteiger partial charge in [0.1, 0.15) is 4.90 Å². The van der Waals surface area contributed by atoms with Crippen LogP contribution in [0.2, 0.25) is 10.0 Å². The van der Waals surface area contributed by atoms with E-state index in [0.29, 0.717) is 0 Å². The molecule has 0 saturated carbocycles. The molecule has 0 spiro atoms. The van der Waals surface area contributed by atoms with Crippen molar-refractivity contribution in [2.75, 3.05) is 27.4 Å². The lowest BCUT2D eigenvalue weighted by molar-refractivity contribution is 0.204. The topological polar surface area (TPSA) is 64.6 Å². The second kappa shape index (κ2) is 6.58. The summed E-state index contributed by atoms with van der Waals surface area (Å²) >= 11 is 11.7. The number of benzene rings is 1. The number of hydrogen-bond acceptors (Lipinski definition) is 4. The molecule has 0 unspecified atom stereocenters. The monoisotopic (exact) mass is 313 g/mol. The van der Waals surface area contributed by atoms with E-state index in [-0.39, 0.29) is 33.8 Å². The Bertz CT molecular complexity index is 519. The van der Waals surface area contributed by atoms with Crippen molar-refractivity contribution in [3.05, 3.63) is 22.2 Å². The summed E-state index contributed by atoms with van der Waals surface area (Å²) in [7, 11) is -0.930. The van der Waals surface area contributed by atoms with Crippen LogP contribution in [-0.2, 0) is 14.8 Å². The third-order valence-electron chi connectivity index (χ3n) is 2.07. The van der Waals surface area contributed by atoms with Crippen LogP contribution in [0.4, 0.5) is 0 Å². The van der Waals surface area contributed by atoms with Crippen molar-refractivity contribution in [3.8, 4) is 5.75 Å². The summed E-state index contributed by atoms with van der Waals surface area (Å²) in [6.45, 7) is 0.405. The standard InChI is InChI=1S/C10H13Cl2NO4S/c1-16-4-3-13-18(14,15)9-6-7(11)5-8(12)10(9)17-2/h5-6,13H,3-4H2,1-2H3. The van der Waals surface area contributed by atoms with Gasteiger partial charge in [-0.1, -0.05) is 23.2 Å². The molecule has 0 aliphatic carbocycles. The first-order valence-corrected chi connectivity index (χ1v) is 7.18. The van der Waals surface area contributed by atoms with Crippen molar-refractivity contribution in [2.24, 2.45) is 0 Å². The van der Waals surface area contributed by atoms with Crippen LogP contribution in [0.1, 0.15) is 0 Å². The van der Waals surface area contributed by atoms with Gasteiger partial charge in [-0.15, -0.1) is 0 Å². The molecular formula is C10H13Cl2NO4S. The Balaban J connectivity index is 3.14. The van der Waals surface area contributed by atoms with E-state index in [9.17, 15) is 8.42 Å². The summed E-state index contributed by atoms with van der Waals surface area (Å²) in [4.78, 5) is -0.0985. The SMILES string of the molecule is COCCNS(=O)(=O)c1cc(Cl)cc(Cl)c1OC. The summed E-state index contributed by atoms with van der Waals surface area (Å²) in [6.07, 6.45) is 0. The minimum absolute atomic E-state index is 0.0611. The highest BCUT2D eigenvalue weighted by atomic mass is 35.5. The van der Waals surface area contributed by atoms with Gasteiger partial charge in [-0.25, -0.2) is 13.1 Å². The van der Waals surface area contributed by atoms with Crippen LogP contribution in [-0.4, -0.2) is 35.8 Å². The highest BCUT2D eigenvalue weighted by Gasteiger charge is 2.22. The summed E-state index contributed by atoms with van der Waals surface area (Å²) < 4.78 is 36.2. The average molecular weight is 314 g/mol. The van der Waals surface area contributed by atoms with E-state index in [1.54, 1.807) is 0 Å². The molecule has 1 rings (SSSR count). The maximum atomic E-state index is 12.0. The Morgan fingerprint density at radius 3 is 2.50 bits per heavy atom. The van der Waals surface area contributed by atoms with Gasteiger partial charge in [0, 0.05) is 18.7 Å². The zero-order valence-electron chi connectivity index (χ0n) is 9.87. The minimum atomic E-state index is -3.74. The molecule has 5 nitrogen and oxygen atoms in total. The maximum Gasteiger partial charge on any atom is 0.244 e. The molecular weight excluding hydrogens is 301 g/mol. The fraction of sp³-hybridized carbons (Fsp3) is 0.400. The number of sulfonamides is 1. The molecule has 18 heavy (non-hydrogen) atoms. The Hall–Kier alpha value is -0.530. The molecule has 0 aromatic heterocycles. The molecule has 0 bridgehead atoms. The third-order valence-corrected chi connectivity index (χ3v) is 4.03. The minimum Gasteiger partial charge on any atom is -0.494 e. The van der Waals surface area contributed by atoms with Crippen molar-refractivity contribution in [2.45, 2.75) is 4.90 Å². The number of nitrogens with one attached hydrogen (secondary N) is 1. The van der Waals surface area contributed by atoms with E-state index in [1.165, 1.54) is 26.4 Å². The molecule has 1 N–H and O–H groups in total.